The minimum Gasteiger partial charge on any atom is -0.406 e. The van der Waals surface area contributed by atoms with E-state index < -0.39 is 6.36 Å². The number of hydrogen-bond donors (Lipinski definition) is 2. The summed E-state index contributed by atoms with van der Waals surface area (Å²) in [5.74, 6) is 1.02. The van der Waals surface area contributed by atoms with Crippen molar-refractivity contribution >= 4 is 17.5 Å². The summed E-state index contributed by atoms with van der Waals surface area (Å²) in [7, 11) is 0. The Morgan fingerprint density at radius 2 is 1.81 bits per heavy atom. The van der Waals surface area contributed by atoms with Crippen LogP contribution >= 0.6 is 0 Å². The third-order valence-electron chi connectivity index (χ3n) is 4.59. The molecule has 0 radical (unpaired) electrons. The van der Waals surface area contributed by atoms with E-state index in [1.54, 1.807) is 12.1 Å². The number of alkyl halides is 3. The van der Waals surface area contributed by atoms with Crippen LogP contribution in [0.15, 0.2) is 48.5 Å². The van der Waals surface area contributed by atoms with Crippen molar-refractivity contribution in [2.75, 3.05) is 17.2 Å². The molecule has 0 spiro atoms. The molecule has 2 aromatic carbocycles. The van der Waals surface area contributed by atoms with Crippen molar-refractivity contribution in [1.29, 1.82) is 0 Å². The van der Waals surface area contributed by atoms with E-state index >= 15 is 0 Å². The number of hydrogen-bond acceptors (Lipinski definition) is 5. The third kappa shape index (κ3) is 6.10. The van der Waals surface area contributed by atoms with Crippen LogP contribution in [0, 0.1) is 6.92 Å². The Hall–Kier alpha value is -3.29. The van der Waals surface area contributed by atoms with Gasteiger partial charge in [0.15, 0.2) is 0 Å². The minimum atomic E-state index is -4.76. The highest BCUT2D eigenvalue weighted by molar-refractivity contribution is 5.68. The van der Waals surface area contributed by atoms with Crippen LogP contribution in [0.25, 0.3) is 11.3 Å². The summed E-state index contributed by atoms with van der Waals surface area (Å²) in [5, 5.41) is 6.33. The van der Waals surface area contributed by atoms with Gasteiger partial charge in [0.2, 0.25) is 5.95 Å². The molecular formula is C23H25F3N4O. The van der Waals surface area contributed by atoms with E-state index in [4.69, 9.17) is 0 Å². The fraction of sp³-hybridized carbons (Fsp3) is 0.304. The van der Waals surface area contributed by atoms with E-state index in [0.29, 0.717) is 35.5 Å². The first-order chi connectivity index (χ1) is 14.6. The van der Waals surface area contributed by atoms with Crippen molar-refractivity contribution < 1.29 is 17.9 Å². The smallest absolute Gasteiger partial charge is 0.406 e. The van der Waals surface area contributed by atoms with E-state index in [1.165, 1.54) is 23.8 Å². The second-order valence-corrected chi connectivity index (χ2v) is 7.42. The highest BCUT2D eigenvalue weighted by Gasteiger charge is 2.31. The molecule has 0 fully saturated rings. The van der Waals surface area contributed by atoms with Crippen LogP contribution in [0.2, 0.25) is 0 Å². The molecule has 0 amide bonds. The van der Waals surface area contributed by atoms with Gasteiger partial charge in [-0.05, 0) is 55.2 Å². The van der Waals surface area contributed by atoms with E-state index in [0.717, 1.165) is 11.3 Å². The van der Waals surface area contributed by atoms with Crippen molar-refractivity contribution in [3.63, 3.8) is 0 Å². The first-order valence-corrected chi connectivity index (χ1v) is 10.0. The van der Waals surface area contributed by atoms with Crippen LogP contribution < -0.4 is 15.4 Å². The largest absolute Gasteiger partial charge is 0.573 e. The molecule has 0 saturated carbocycles. The maximum Gasteiger partial charge on any atom is 0.573 e. The fourth-order valence-electron chi connectivity index (χ4n) is 3.30. The highest BCUT2D eigenvalue weighted by Crippen LogP contribution is 2.30. The number of ether oxygens (including phenoxy) is 1. The lowest BCUT2D eigenvalue weighted by Gasteiger charge is -2.14. The topological polar surface area (TPSA) is 59.1 Å². The summed E-state index contributed by atoms with van der Waals surface area (Å²) < 4.78 is 41.8. The number of benzene rings is 2. The lowest BCUT2D eigenvalue weighted by atomic mass is 9.98. The molecule has 8 heteroatoms. The van der Waals surface area contributed by atoms with Crippen molar-refractivity contribution in [2.24, 2.45) is 0 Å². The number of halogens is 3. The molecule has 3 rings (SSSR count). The standard InChI is InChI=1S/C23H25F3N4O/c1-5-27-22-29-20(16-7-6-8-18(12-16)31-23(24,25)26)13-21(30-22)28-17-9-10-19(14(2)3)15(4)11-17/h6-14H,5H2,1-4H3,(H2,27,28,29,30). The summed E-state index contributed by atoms with van der Waals surface area (Å²) in [4.78, 5) is 8.90. The van der Waals surface area contributed by atoms with Gasteiger partial charge in [-0.1, -0.05) is 32.0 Å². The lowest BCUT2D eigenvalue weighted by molar-refractivity contribution is -0.274. The lowest BCUT2D eigenvalue weighted by Crippen LogP contribution is -2.17. The number of nitrogens with one attached hydrogen (secondary N) is 2. The van der Waals surface area contributed by atoms with Crippen molar-refractivity contribution in [1.82, 2.24) is 9.97 Å². The molecule has 1 aromatic heterocycles. The Labute approximate surface area is 179 Å². The van der Waals surface area contributed by atoms with Gasteiger partial charge in [-0.2, -0.15) is 4.98 Å². The molecule has 0 atom stereocenters. The second-order valence-electron chi connectivity index (χ2n) is 7.42. The van der Waals surface area contributed by atoms with Crippen LogP contribution in [-0.2, 0) is 0 Å². The Morgan fingerprint density at radius 3 is 2.45 bits per heavy atom. The van der Waals surface area contributed by atoms with Gasteiger partial charge in [0.05, 0.1) is 5.69 Å². The van der Waals surface area contributed by atoms with E-state index in [9.17, 15) is 13.2 Å². The molecule has 5 nitrogen and oxygen atoms in total. The van der Waals surface area contributed by atoms with Gasteiger partial charge < -0.3 is 15.4 Å². The third-order valence-corrected chi connectivity index (χ3v) is 4.59. The second kappa shape index (κ2) is 9.24. The molecular weight excluding hydrogens is 405 g/mol. The van der Waals surface area contributed by atoms with Crippen molar-refractivity contribution in [3.05, 3.63) is 59.7 Å². The molecule has 164 valence electrons. The van der Waals surface area contributed by atoms with Crippen molar-refractivity contribution in [3.8, 4) is 17.0 Å². The van der Waals surface area contributed by atoms with Gasteiger partial charge in [0.25, 0.3) is 0 Å². The molecule has 31 heavy (non-hydrogen) atoms. The van der Waals surface area contributed by atoms with Gasteiger partial charge in [-0.15, -0.1) is 13.2 Å². The van der Waals surface area contributed by atoms with Gasteiger partial charge >= 0.3 is 6.36 Å². The van der Waals surface area contributed by atoms with Crippen LogP contribution in [-0.4, -0.2) is 22.9 Å². The Bertz CT molecular complexity index is 1050. The van der Waals surface area contributed by atoms with Gasteiger partial charge in [-0.25, -0.2) is 4.98 Å². The highest BCUT2D eigenvalue weighted by atomic mass is 19.4. The van der Waals surface area contributed by atoms with Crippen LogP contribution in [0.1, 0.15) is 37.8 Å². The maximum absolute atomic E-state index is 12.6. The Kier molecular flexibility index (Phi) is 6.68. The normalized spacial score (nSPS) is 11.5. The monoisotopic (exact) mass is 430 g/mol. The van der Waals surface area contributed by atoms with E-state index in [2.05, 4.69) is 52.2 Å². The molecule has 0 saturated heterocycles. The number of rotatable bonds is 7. The van der Waals surface area contributed by atoms with Crippen LogP contribution in [0.5, 0.6) is 5.75 Å². The van der Waals surface area contributed by atoms with Gasteiger partial charge in [0.1, 0.15) is 11.6 Å². The average Bonchev–Trinajstić information content (AvgIpc) is 2.67. The predicted molar refractivity (Wildman–Crippen MR) is 117 cm³/mol. The number of aryl methyl sites for hydroxylation is 1. The van der Waals surface area contributed by atoms with Crippen LogP contribution in [0.4, 0.5) is 30.6 Å². The SMILES string of the molecule is CCNc1nc(Nc2ccc(C(C)C)c(C)c2)cc(-c2cccc(OC(F)(F)F)c2)n1. The molecule has 0 unspecified atom stereocenters. The zero-order chi connectivity index (χ0) is 22.6. The average molecular weight is 430 g/mol. The number of aromatic nitrogens is 2. The predicted octanol–water partition coefficient (Wildman–Crippen LogP) is 6.65. The number of nitrogens with zero attached hydrogens (tertiary/aromatic N) is 2. The molecule has 0 aliphatic heterocycles. The molecule has 1 heterocycles. The quantitative estimate of drug-likeness (QED) is 0.439. The molecule has 2 N–H and O–H groups in total. The summed E-state index contributed by atoms with van der Waals surface area (Å²) in [5.41, 5.74) is 4.25. The molecule has 0 bridgehead atoms. The van der Waals surface area contributed by atoms with Crippen LogP contribution in [0.3, 0.4) is 0 Å². The summed E-state index contributed by atoms with van der Waals surface area (Å²) >= 11 is 0. The fourth-order valence-corrected chi connectivity index (χ4v) is 3.30. The van der Waals surface area contributed by atoms with E-state index in [1.807, 2.05) is 19.1 Å². The summed E-state index contributed by atoms with van der Waals surface area (Å²) in [6, 6.07) is 13.5. The summed E-state index contributed by atoms with van der Waals surface area (Å²) in [6.07, 6.45) is -4.76. The maximum atomic E-state index is 12.6. The Morgan fingerprint density at radius 1 is 1.03 bits per heavy atom. The Balaban J connectivity index is 1.95. The zero-order valence-corrected chi connectivity index (χ0v) is 17.8. The van der Waals surface area contributed by atoms with Crippen molar-refractivity contribution in [2.45, 2.75) is 40.0 Å². The van der Waals surface area contributed by atoms with Gasteiger partial charge in [-0.3, -0.25) is 0 Å². The molecule has 3 aromatic rings. The summed E-state index contributed by atoms with van der Waals surface area (Å²) in [6.45, 7) is 8.86. The first-order valence-electron chi connectivity index (χ1n) is 10.0. The van der Waals surface area contributed by atoms with E-state index in [-0.39, 0.29) is 5.75 Å². The minimum absolute atomic E-state index is 0.303. The zero-order valence-electron chi connectivity index (χ0n) is 17.8. The first kappa shape index (κ1) is 22.4. The van der Waals surface area contributed by atoms with Gasteiger partial charge in [0, 0.05) is 23.9 Å². The number of anilines is 3. The molecule has 0 aliphatic rings. The molecule has 0 aliphatic carbocycles.